The highest BCUT2D eigenvalue weighted by Gasteiger charge is 2.25. The average molecular weight is 210 g/mol. The van der Waals surface area contributed by atoms with E-state index in [0.29, 0.717) is 5.69 Å². The Morgan fingerprint density at radius 2 is 2.23 bits per heavy atom. The molecule has 0 aromatic carbocycles. The summed E-state index contributed by atoms with van der Waals surface area (Å²) in [5.41, 5.74) is 0.305. The highest BCUT2D eigenvalue weighted by molar-refractivity contribution is 6.31. The van der Waals surface area contributed by atoms with E-state index in [4.69, 9.17) is 11.6 Å². The van der Waals surface area contributed by atoms with Crippen LogP contribution in [0.4, 0.5) is 8.78 Å². The van der Waals surface area contributed by atoms with Crippen LogP contribution < -0.4 is 5.32 Å². The summed E-state index contributed by atoms with van der Waals surface area (Å²) in [6, 6.07) is -1.07. The summed E-state index contributed by atoms with van der Waals surface area (Å²) >= 11 is 5.71. The van der Waals surface area contributed by atoms with Gasteiger partial charge in [0.05, 0.1) is 16.9 Å². The first-order chi connectivity index (χ1) is 6.07. The van der Waals surface area contributed by atoms with Gasteiger partial charge < -0.3 is 5.32 Å². The van der Waals surface area contributed by atoms with Crippen molar-refractivity contribution < 1.29 is 8.78 Å². The van der Waals surface area contributed by atoms with Gasteiger partial charge in [0.1, 0.15) is 6.04 Å². The molecule has 0 aliphatic carbocycles. The fourth-order valence-corrected chi connectivity index (χ4v) is 1.44. The minimum absolute atomic E-state index is 0.252. The van der Waals surface area contributed by atoms with Gasteiger partial charge in [-0.15, -0.1) is 0 Å². The zero-order valence-electron chi connectivity index (χ0n) is 7.26. The molecule has 0 radical (unpaired) electrons. The van der Waals surface area contributed by atoms with Crippen LogP contribution in [0.5, 0.6) is 0 Å². The Bertz CT molecular complexity index is 268. The van der Waals surface area contributed by atoms with E-state index in [1.54, 1.807) is 7.05 Å². The second-order valence-electron chi connectivity index (χ2n) is 2.60. The predicted molar refractivity (Wildman–Crippen MR) is 46.0 cm³/mol. The van der Waals surface area contributed by atoms with Crippen molar-refractivity contribution in [1.82, 2.24) is 15.1 Å². The molecule has 0 saturated carbocycles. The molecule has 0 bridgehead atoms. The molecular formula is C7H10ClF2N3. The van der Waals surface area contributed by atoms with Crippen LogP contribution in [0.1, 0.15) is 11.7 Å². The molecule has 0 saturated heterocycles. The molecule has 1 aromatic rings. The van der Waals surface area contributed by atoms with Crippen LogP contribution in [0.15, 0.2) is 6.20 Å². The summed E-state index contributed by atoms with van der Waals surface area (Å²) in [5, 5.41) is 6.52. The monoisotopic (exact) mass is 209 g/mol. The summed E-state index contributed by atoms with van der Waals surface area (Å²) in [6.07, 6.45) is -1.15. The van der Waals surface area contributed by atoms with Crippen molar-refractivity contribution in [2.75, 3.05) is 7.05 Å². The van der Waals surface area contributed by atoms with Crippen molar-refractivity contribution in [2.24, 2.45) is 7.05 Å². The van der Waals surface area contributed by atoms with Gasteiger partial charge in [0.15, 0.2) is 0 Å². The maximum atomic E-state index is 12.5. The third kappa shape index (κ3) is 1.97. The van der Waals surface area contributed by atoms with Gasteiger partial charge in [-0.05, 0) is 7.05 Å². The molecule has 1 N–H and O–H groups in total. The Labute approximate surface area is 79.7 Å². The number of hydrogen-bond donors (Lipinski definition) is 1. The van der Waals surface area contributed by atoms with Crippen molar-refractivity contribution in [3.63, 3.8) is 0 Å². The summed E-state index contributed by atoms with van der Waals surface area (Å²) in [4.78, 5) is 0. The predicted octanol–water partition coefficient (Wildman–Crippen LogP) is 1.60. The molecule has 1 unspecified atom stereocenters. The van der Waals surface area contributed by atoms with E-state index in [1.807, 2.05) is 0 Å². The van der Waals surface area contributed by atoms with Gasteiger partial charge >= 0.3 is 0 Å². The van der Waals surface area contributed by atoms with Gasteiger partial charge in [-0.3, -0.25) is 4.68 Å². The summed E-state index contributed by atoms with van der Waals surface area (Å²) < 4.78 is 26.3. The van der Waals surface area contributed by atoms with Gasteiger partial charge in [0.2, 0.25) is 0 Å². The van der Waals surface area contributed by atoms with Gasteiger partial charge in [-0.1, -0.05) is 11.6 Å². The Balaban J connectivity index is 3.03. The van der Waals surface area contributed by atoms with Crippen molar-refractivity contribution in [3.05, 3.63) is 16.9 Å². The van der Waals surface area contributed by atoms with Crippen LogP contribution in [0, 0.1) is 0 Å². The quantitative estimate of drug-likeness (QED) is 0.820. The van der Waals surface area contributed by atoms with Crippen LogP contribution >= 0.6 is 11.6 Å². The standard InChI is InChI=1S/C7H10ClF2N3/c1-11-5(7(9)10)6-4(8)3-12-13(6)2/h3,5,7,11H,1-2H3. The fourth-order valence-electron chi connectivity index (χ4n) is 1.15. The lowest BCUT2D eigenvalue weighted by molar-refractivity contribution is 0.0986. The van der Waals surface area contributed by atoms with Crippen LogP contribution in [0.25, 0.3) is 0 Å². The van der Waals surface area contributed by atoms with Gasteiger partial charge in [0, 0.05) is 7.05 Å². The second kappa shape index (κ2) is 4.02. The molecule has 1 aromatic heterocycles. The first-order valence-electron chi connectivity index (χ1n) is 3.70. The number of rotatable bonds is 3. The highest BCUT2D eigenvalue weighted by atomic mass is 35.5. The van der Waals surface area contributed by atoms with Crippen molar-refractivity contribution in [2.45, 2.75) is 12.5 Å². The summed E-state index contributed by atoms with van der Waals surface area (Å²) in [6.45, 7) is 0. The lowest BCUT2D eigenvalue weighted by Crippen LogP contribution is -2.26. The van der Waals surface area contributed by atoms with Gasteiger partial charge in [0.25, 0.3) is 6.43 Å². The van der Waals surface area contributed by atoms with Gasteiger partial charge in [-0.25, -0.2) is 8.78 Å². The number of aromatic nitrogens is 2. The molecule has 74 valence electrons. The number of halogens is 3. The molecule has 0 amide bonds. The Morgan fingerprint density at radius 3 is 2.54 bits per heavy atom. The van der Waals surface area contributed by atoms with E-state index in [2.05, 4.69) is 10.4 Å². The molecule has 0 fully saturated rings. The minimum atomic E-state index is -2.50. The maximum Gasteiger partial charge on any atom is 0.259 e. The van der Waals surface area contributed by atoms with E-state index in [-0.39, 0.29) is 5.02 Å². The lowest BCUT2D eigenvalue weighted by Gasteiger charge is -2.15. The number of aryl methyl sites for hydroxylation is 1. The van der Waals surface area contributed by atoms with Crippen LogP contribution in [-0.2, 0) is 7.05 Å². The van der Waals surface area contributed by atoms with Crippen molar-refractivity contribution in [3.8, 4) is 0 Å². The zero-order valence-corrected chi connectivity index (χ0v) is 8.02. The van der Waals surface area contributed by atoms with E-state index >= 15 is 0 Å². The number of nitrogens with one attached hydrogen (secondary N) is 1. The van der Waals surface area contributed by atoms with Crippen LogP contribution in [-0.4, -0.2) is 23.3 Å². The Kier molecular flexibility index (Phi) is 3.22. The number of hydrogen-bond acceptors (Lipinski definition) is 2. The van der Waals surface area contributed by atoms with Crippen molar-refractivity contribution in [1.29, 1.82) is 0 Å². The molecule has 0 aliphatic heterocycles. The third-order valence-corrected chi connectivity index (χ3v) is 2.09. The Hall–Kier alpha value is -0.680. The van der Waals surface area contributed by atoms with E-state index in [0.717, 1.165) is 0 Å². The molecule has 0 spiro atoms. The van der Waals surface area contributed by atoms with Crippen molar-refractivity contribution >= 4 is 11.6 Å². The van der Waals surface area contributed by atoms with E-state index < -0.39 is 12.5 Å². The fraction of sp³-hybridized carbons (Fsp3) is 0.571. The first kappa shape index (κ1) is 10.4. The molecule has 3 nitrogen and oxygen atoms in total. The minimum Gasteiger partial charge on any atom is -0.307 e. The average Bonchev–Trinajstić information content (AvgIpc) is 2.36. The molecule has 6 heteroatoms. The second-order valence-corrected chi connectivity index (χ2v) is 3.01. The first-order valence-corrected chi connectivity index (χ1v) is 4.08. The third-order valence-electron chi connectivity index (χ3n) is 1.80. The Morgan fingerprint density at radius 1 is 1.62 bits per heavy atom. The van der Waals surface area contributed by atoms with Crippen LogP contribution in [0.2, 0.25) is 5.02 Å². The SMILES string of the molecule is CNC(c1c(Cl)cnn1C)C(F)F. The molecule has 1 rings (SSSR count). The van der Waals surface area contributed by atoms with E-state index in [1.165, 1.54) is 17.9 Å². The normalized spacial score (nSPS) is 13.7. The number of alkyl halides is 2. The summed E-state index contributed by atoms with van der Waals surface area (Å²) in [7, 11) is 3.04. The maximum absolute atomic E-state index is 12.5. The molecule has 1 heterocycles. The van der Waals surface area contributed by atoms with E-state index in [9.17, 15) is 8.78 Å². The van der Waals surface area contributed by atoms with Crippen LogP contribution in [0.3, 0.4) is 0 Å². The molecule has 0 aliphatic rings. The lowest BCUT2D eigenvalue weighted by atomic mass is 10.2. The van der Waals surface area contributed by atoms with Gasteiger partial charge in [-0.2, -0.15) is 5.10 Å². The largest absolute Gasteiger partial charge is 0.307 e. The molecule has 13 heavy (non-hydrogen) atoms. The summed E-state index contributed by atoms with van der Waals surface area (Å²) in [5.74, 6) is 0. The smallest absolute Gasteiger partial charge is 0.259 e. The number of nitrogens with zero attached hydrogens (tertiary/aromatic N) is 2. The topological polar surface area (TPSA) is 29.9 Å². The molecular weight excluding hydrogens is 200 g/mol. The highest BCUT2D eigenvalue weighted by Crippen LogP contribution is 2.26. The molecule has 1 atom stereocenters. The zero-order chi connectivity index (χ0) is 10.0.